The summed E-state index contributed by atoms with van der Waals surface area (Å²) in [5.41, 5.74) is 2.23. The molecule has 1 aromatic heterocycles. The van der Waals surface area contributed by atoms with E-state index in [1.807, 2.05) is 20.8 Å². The number of alkyl halides is 5. The van der Waals surface area contributed by atoms with Gasteiger partial charge in [-0.3, -0.25) is 4.79 Å². The summed E-state index contributed by atoms with van der Waals surface area (Å²) in [6.07, 6.45) is 4.37. The van der Waals surface area contributed by atoms with Gasteiger partial charge in [0.1, 0.15) is 0 Å². The summed E-state index contributed by atoms with van der Waals surface area (Å²) in [5, 5.41) is 6.78. The van der Waals surface area contributed by atoms with Gasteiger partial charge in [0.05, 0.1) is 36.1 Å². The van der Waals surface area contributed by atoms with E-state index in [4.69, 9.17) is 10.1 Å². The SMILES string of the molecule is CC/C(C)=C\O/C(C(=O)N1CCc2nc[nH]c2C1)=C(\C)C(F)F.CCC\C=C(/C=C\C(C)=C\C=N)C(F)(F)F. The summed E-state index contributed by atoms with van der Waals surface area (Å²) in [6, 6.07) is 0. The number of rotatable bonds is 10. The van der Waals surface area contributed by atoms with E-state index in [2.05, 4.69) is 9.97 Å². The smallest absolute Gasteiger partial charge is 0.416 e. The minimum atomic E-state index is -4.31. The predicted molar refractivity (Wildman–Crippen MR) is 142 cm³/mol. The van der Waals surface area contributed by atoms with Crippen molar-refractivity contribution in [1.82, 2.24) is 14.9 Å². The lowest BCUT2D eigenvalue weighted by Gasteiger charge is -2.27. The zero-order valence-corrected chi connectivity index (χ0v) is 23.0. The Bertz CT molecular complexity index is 1110. The first-order valence-electron chi connectivity index (χ1n) is 12.6. The fourth-order valence-corrected chi connectivity index (χ4v) is 3.17. The molecule has 2 rings (SSSR count). The quantitative estimate of drug-likeness (QED) is 0.102. The molecule has 1 amide bonds. The number of aromatic amines is 1. The maximum Gasteiger partial charge on any atom is 0.416 e. The van der Waals surface area contributed by atoms with E-state index in [0.29, 0.717) is 37.9 Å². The minimum absolute atomic E-state index is 0.296. The minimum Gasteiger partial charge on any atom is -0.459 e. The third-order valence-electron chi connectivity index (χ3n) is 5.73. The maximum absolute atomic E-state index is 13.1. The summed E-state index contributed by atoms with van der Waals surface area (Å²) in [6.45, 7) is 9.18. The summed E-state index contributed by atoms with van der Waals surface area (Å²) < 4.78 is 68.9. The highest BCUT2D eigenvalue weighted by Crippen LogP contribution is 2.27. The first-order chi connectivity index (χ1) is 18.3. The van der Waals surface area contributed by atoms with Crippen LogP contribution in [-0.4, -0.2) is 46.1 Å². The predicted octanol–water partition coefficient (Wildman–Crippen LogP) is 7.59. The molecule has 0 bridgehead atoms. The average molecular weight is 557 g/mol. The number of amides is 1. The molecule has 1 aliphatic rings. The number of imidazole rings is 1. The number of halogens is 5. The number of fused-ring (bicyclic) bond motifs is 1. The van der Waals surface area contributed by atoms with Crippen LogP contribution in [0.4, 0.5) is 22.0 Å². The summed E-state index contributed by atoms with van der Waals surface area (Å²) in [7, 11) is 0. The fraction of sp³-hybridized carbons (Fsp3) is 0.464. The average Bonchev–Trinajstić information content (AvgIpc) is 3.36. The molecule has 0 aliphatic carbocycles. The van der Waals surface area contributed by atoms with Crippen LogP contribution in [0.3, 0.4) is 0 Å². The van der Waals surface area contributed by atoms with E-state index in [-0.39, 0.29) is 11.3 Å². The highest BCUT2D eigenvalue weighted by Gasteiger charge is 2.31. The van der Waals surface area contributed by atoms with Crippen LogP contribution >= 0.6 is 0 Å². The van der Waals surface area contributed by atoms with Crippen molar-refractivity contribution in [2.24, 2.45) is 0 Å². The van der Waals surface area contributed by atoms with E-state index >= 15 is 0 Å². The first kappa shape index (κ1) is 33.5. The van der Waals surface area contributed by atoms with Crippen LogP contribution in [0.2, 0.25) is 0 Å². The maximum atomic E-state index is 13.1. The summed E-state index contributed by atoms with van der Waals surface area (Å²) in [5.74, 6) is -0.820. The van der Waals surface area contributed by atoms with E-state index in [9.17, 15) is 26.7 Å². The van der Waals surface area contributed by atoms with Gasteiger partial charge in [0.25, 0.3) is 12.3 Å². The number of nitrogens with one attached hydrogen (secondary N) is 2. The van der Waals surface area contributed by atoms with Gasteiger partial charge in [-0.25, -0.2) is 13.8 Å². The number of unbranched alkanes of at least 4 members (excludes halogenated alkanes) is 1. The molecule has 2 N–H and O–H groups in total. The van der Waals surface area contributed by atoms with Crippen LogP contribution in [0.25, 0.3) is 0 Å². The van der Waals surface area contributed by atoms with Gasteiger partial charge in [0.15, 0.2) is 5.76 Å². The molecule has 0 saturated carbocycles. The lowest BCUT2D eigenvalue weighted by molar-refractivity contribution is -0.131. The molecule has 0 atom stereocenters. The van der Waals surface area contributed by atoms with Crippen molar-refractivity contribution in [3.8, 4) is 0 Å². The number of ether oxygens (including phenoxy) is 1. The van der Waals surface area contributed by atoms with Gasteiger partial charge in [-0.2, -0.15) is 13.2 Å². The van der Waals surface area contributed by atoms with E-state index in [1.165, 1.54) is 36.3 Å². The van der Waals surface area contributed by atoms with Crippen molar-refractivity contribution in [3.63, 3.8) is 0 Å². The van der Waals surface area contributed by atoms with Gasteiger partial charge >= 0.3 is 6.18 Å². The van der Waals surface area contributed by atoms with E-state index < -0.39 is 24.1 Å². The Balaban J connectivity index is 0.000000420. The molecule has 6 nitrogen and oxygen atoms in total. The number of carbonyl (C=O) groups excluding carboxylic acids is 1. The molecule has 0 aromatic carbocycles. The fourth-order valence-electron chi connectivity index (χ4n) is 3.17. The van der Waals surface area contributed by atoms with Crippen LogP contribution in [0.15, 0.2) is 64.9 Å². The van der Waals surface area contributed by atoms with Gasteiger partial charge in [0.2, 0.25) is 0 Å². The second kappa shape index (κ2) is 16.5. The largest absolute Gasteiger partial charge is 0.459 e. The topological polar surface area (TPSA) is 82.1 Å². The third kappa shape index (κ3) is 11.4. The molecule has 0 fully saturated rings. The Hall–Kier alpha value is -3.50. The van der Waals surface area contributed by atoms with Gasteiger partial charge < -0.3 is 20.0 Å². The number of aromatic nitrogens is 2. The molecular formula is C28H37F5N4O2. The summed E-state index contributed by atoms with van der Waals surface area (Å²) >= 11 is 0. The van der Waals surface area contributed by atoms with Crippen LogP contribution in [0.1, 0.15) is 65.3 Å². The van der Waals surface area contributed by atoms with Gasteiger partial charge in [-0.05, 0) is 50.8 Å². The molecule has 11 heteroatoms. The standard InChI is InChI=1S/C16H21F2N3O2.C12H16F3N/c1-4-10(2)8-23-14(11(3)15(17)18)16(22)21-6-5-12-13(7-21)20-9-19-12;1-3-4-5-11(12(13,14)15)7-6-10(2)8-9-16/h8-9,15H,4-7H2,1-3H3,(H,19,20);5-9,16H,3-4H2,1-2H3/b10-8-,14-11+;7-6-,10-8+,11-5+,16-9?. The first-order valence-corrected chi connectivity index (χ1v) is 12.6. The van der Waals surface area contributed by atoms with Crippen LogP contribution in [0.5, 0.6) is 0 Å². The molecule has 0 spiro atoms. The molecule has 0 unspecified atom stereocenters. The highest BCUT2D eigenvalue weighted by molar-refractivity contribution is 5.92. The Labute approximate surface area is 226 Å². The van der Waals surface area contributed by atoms with Crippen molar-refractivity contribution in [2.75, 3.05) is 6.54 Å². The number of nitrogens with zero attached hydrogens (tertiary/aromatic N) is 2. The number of H-pyrrole nitrogens is 1. The second-order valence-electron chi connectivity index (χ2n) is 8.91. The number of hydrogen-bond acceptors (Lipinski definition) is 4. The van der Waals surface area contributed by atoms with Crippen molar-refractivity contribution >= 4 is 12.1 Å². The molecule has 2 heterocycles. The van der Waals surface area contributed by atoms with Crippen LogP contribution < -0.4 is 0 Å². The Morgan fingerprint density at radius 2 is 1.92 bits per heavy atom. The molecule has 0 radical (unpaired) electrons. The van der Waals surface area contributed by atoms with Crippen molar-refractivity contribution in [1.29, 1.82) is 5.41 Å². The molecule has 216 valence electrons. The Kier molecular flexibility index (Phi) is 14.2. The number of hydrogen-bond donors (Lipinski definition) is 2. The van der Waals surface area contributed by atoms with Gasteiger partial charge in [0, 0.05) is 24.8 Å². The lowest BCUT2D eigenvalue weighted by Crippen LogP contribution is -2.37. The third-order valence-corrected chi connectivity index (χ3v) is 5.73. The zero-order chi connectivity index (χ0) is 29.6. The Morgan fingerprint density at radius 1 is 1.23 bits per heavy atom. The number of carbonyl (C=O) groups is 1. The monoisotopic (exact) mass is 556 g/mol. The van der Waals surface area contributed by atoms with Gasteiger partial charge in [-0.1, -0.05) is 38.5 Å². The molecular weight excluding hydrogens is 519 g/mol. The van der Waals surface area contributed by atoms with Gasteiger partial charge in [-0.15, -0.1) is 0 Å². The van der Waals surface area contributed by atoms with Crippen LogP contribution in [-0.2, 0) is 22.5 Å². The number of allylic oxidation sites excluding steroid dienone is 8. The lowest BCUT2D eigenvalue weighted by atomic mass is 10.1. The van der Waals surface area contributed by atoms with Crippen molar-refractivity contribution in [3.05, 3.63) is 76.3 Å². The van der Waals surface area contributed by atoms with E-state index in [1.54, 1.807) is 13.3 Å². The molecule has 39 heavy (non-hydrogen) atoms. The molecule has 0 saturated heterocycles. The van der Waals surface area contributed by atoms with Crippen molar-refractivity contribution in [2.45, 2.75) is 79.4 Å². The van der Waals surface area contributed by atoms with Crippen LogP contribution in [0, 0.1) is 5.41 Å². The molecule has 1 aromatic rings. The molecule has 1 aliphatic heterocycles. The highest BCUT2D eigenvalue weighted by atomic mass is 19.4. The second-order valence-corrected chi connectivity index (χ2v) is 8.91. The summed E-state index contributed by atoms with van der Waals surface area (Å²) in [4.78, 5) is 21.3. The normalized spacial score (nSPS) is 15.6. The van der Waals surface area contributed by atoms with E-state index in [0.717, 1.165) is 35.7 Å². The Morgan fingerprint density at radius 3 is 2.49 bits per heavy atom. The van der Waals surface area contributed by atoms with Crippen molar-refractivity contribution < 1.29 is 31.5 Å². The zero-order valence-electron chi connectivity index (χ0n) is 23.0.